The van der Waals surface area contributed by atoms with Crippen molar-refractivity contribution in [2.45, 2.75) is 18.9 Å². The molecule has 0 bridgehead atoms. The molecule has 0 aromatic carbocycles. The summed E-state index contributed by atoms with van der Waals surface area (Å²) in [7, 11) is 1.88. The molecule has 1 atom stereocenters. The molecule has 7 heteroatoms. The van der Waals surface area contributed by atoms with Crippen LogP contribution < -0.4 is 16.4 Å². The van der Waals surface area contributed by atoms with E-state index in [0.717, 1.165) is 36.5 Å². The first-order valence-corrected chi connectivity index (χ1v) is 8.33. The zero-order valence-corrected chi connectivity index (χ0v) is 14.1. The second-order valence-electron chi connectivity index (χ2n) is 6.38. The van der Waals surface area contributed by atoms with Gasteiger partial charge in [0, 0.05) is 38.1 Å². The predicted octanol–water partition coefficient (Wildman–Crippen LogP) is 2.09. The maximum Gasteiger partial charge on any atom is 0.227 e. The molecular weight excluding hydrogens is 314 g/mol. The minimum Gasteiger partial charge on any atom is -0.402 e. The summed E-state index contributed by atoms with van der Waals surface area (Å²) in [4.78, 5) is 8.98. The van der Waals surface area contributed by atoms with Crippen LogP contribution in [0.25, 0.3) is 0 Å². The van der Waals surface area contributed by atoms with Crippen LogP contribution in [-0.4, -0.2) is 26.3 Å². The Morgan fingerprint density at radius 1 is 1.40 bits per heavy atom. The fourth-order valence-electron chi connectivity index (χ4n) is 3.21. The van der Waals surface area contributed by atoms with Crippen LogP contribution in [-0.2, 0) is 7.05 Å². The highest BCUT2D eigenvalue weighted by Crippen LogP contribution is 2.31. The van der Waals surface area contributed by atoms with Gasteiger partial charge in [-0.1, -0.05) is 17.7 Å². The van der Waals surface area contributed by atoms with E-state index in [9.17, 15) is 0 Å². The molecule has 4 N–H and O–H groups in total. The number of nitrogens with two attached hydrogens (primary N) is 1. The molecule has 4 rings (SSSR count). The van der Waals surface area contributed by atoms with Crippen molar-refractivity contribution in [1.82, 2.24) is 25.1 Å². The van der Waals surface area contributed by atoms with E-state index in [4.69, 9.17) is 5.73 Å². The zero-order valence-electron chi connectivity index (χ0n) is 14.1. The average Bonchev–Trinajstić information content (AvgIpc) is 2.91. The third kappa shape index (κ3) is 3.46. The van der Waals surface area contributed by atoms with Crippen LogP contribution >= 0.6 is 0 Å². The number of anilines is 2. The van der Waals surface area contributed by atoms with Gasteiger partial charge in [0.1, 0.15) is 0 Å². The summed E-state index contributed by atoms with van der Waals surface area (Å²) in [6.07, 6.45) is 13.3. The first kappa shape index (κ1) is 15.6. The van der Waals surface area contributed by atoms with E-state index in [0.29, 0.717) is 5.95 Å². The fraction of sp³-hybridized carbons (Fsp3) is 0.278. The summed E-state index contributed by atoms with van der Waals surface area (Å²) in [6, 6.07) is 2.12. The fourth-order valence-corrected chi connectivity index (χ4v) is 3.21. The molecule has 0 fully saturated rings. The van der Waals surface area contributed by atoms with Crippen molar-refractivity contribution in [2.24, 2.45) is 12.8 Å². The number of hydrogen-bond donors (Lipinski definition) is 3. The van der Waals surface area contributed by atoms with Crippen LogP contribution in [0.5, 0.6) is 0 Å². The van der Waals surface area contributed by atoms with Crippen molar-refractivity contribution in [3.63, 3.8) is 0 Å². The summed E-state index contributed by atoms with van der Waals surface area (Å²) >= 11 is 0. The van der Waals surface area contributed by atoms with Gasteiger partial charge < -0.3 is 16.4 Å². The lowest BCUT2D eigenvalue weighted by atomic mass is 9.91. The monoisotopic (exact) mass is 335 g/mol. The maximum absolute atomic E-state index is 6.05. The van der Waals surface area contributed by atoms with Gasteiger partial charge in [0.15, 0.2) is 0 Å². The molecule has 1 aliphatic heterocycles. The van der Waals surface area contributed by atoms with E-state index in [1.807, 2.05) is 31.5 Å². The summed E-state index contributed by atoms with van der Waals surface area (Å²) in [5.74, 6) is 0.576. The van der Waals surface area contributed by atoms with Crippen molar-refractivity contribution in [1.29, 1.82) is 0 Å². The van der Waals surface area contributed by atoms with E-state index in [1.165, 1.54) is 11.1 Å². The smallest absolute Gasteiger partial charge is 0.227 e. The molecule has 2 aromatic rings. The Hall–Kier alpha value is -2.93. The van der Waals surface area contributed by atoms with Gasteiger partial charge in [-0.2, -0.15) is 5.10 Å². The first-order valence-electron chi connectivity index (χ1n) is 8.33. The van der Waals surface area contributed by atoms with E-state index >= 15 is 0 Å². The van der Waals surface area contributed by atoms with Gasteiger partial charge in [0.2, 0.25) is 5.95 Å². The highest BCUT2D eigenvalue weighted by Gasteiger charge is 2.23. The molecule has 128 valence electrons. The summed E-state index contributed by atoms with van der Waals surface area (Å²) in [5, 5.41) is 10.9. The molecule has 0 radical (unpaired) electrons. The van der Waals surface area contributed by atoms with Crippen molar-refractivity contribution < 1.29 is 0 Å². The average molecular weight is 335 g/mol. The number of aromatic nitrogens is 4. The number of aryl methyl sites for hydroxylation is 1. The van der Waals surface area contributed by atoms with Crippen molar-refractivity contribution >= 4 is 11.6 Å². The van der Waals surface area contributed by atoms with Crippen molar-refractivity contribution in [3.05, 3.63) is 65.4 Å². The van der Waals surface area contributed by atoms with E-state index in [1.54, 1.807) is 17.1 Å². The van der Waals surface area contributed by atoms with Gasteiger partial charge in [-0.05, 0) is 24.1 Å². The molecule has 2 aromatic heterocycles. The topological polar surface area (TPSA) is 93.7 Å². The quantitative estimate of drug-likeness (QED) is 0.795. The SMILES string of the molecule is Cn1cc(Nc2nccc(C3CC4=C(C=CC=C(N)C4)CN3)n2)cn1. The van der Waals surface area contributed by atoms with Crippen LogP contribution in [0.3, 0.4) is 0 Å². The highest BCUT2D eigenvalue weighted by atomic mass is 15.3. The van der Waals surface area contributed by atoms with E-state index in [2.05, 4.69) is 31.8 Å². The molecule has 2 aliphatic rings. The summed E-state index contributed by atoms with van der Waals surface area (Å²) in [6.45, 7) is 0.826. The largest absolute Gasteiger partial charge is 0.402 e. The van der Waals surface area contributed by atoms with E-state index in [-0.39, 0.29) is 6.04 Å². The van der Waals surface area contributed by atoms with Crippen LogP contribution in [0.2, 0.25) is 0 Å². The lowest BCUT2D eigenvalue weighted by Gasteiger charge is -2.27. The molecule has 25 heavy (non-hydrogen) atoms. The molecule has 0 saturated carbocycles. The minimum atomic E-state index is 0.162. The molecule has 0 spiro atoms. The molecule has 1 aliphatic carbocycles. The van der Waals surface area contributed by atoms with Gasteiger partial charge in [0.25, 0.3) is 0 Å². The standard InChI is InChI=1S/C18H21N7/c1-25-11-15(10-22-25)23-18-20-6-5-16(24-18)17-8-13-7-14(19)4-2-3-12(13)9-21-17/h2-6,10-11,17,21H,7-9,19H2,1H3,(H,20,23,24). The Bertz CT molecular complexity index is 875. The van der Waals surface area contributed by atoms with Crippen molar-refractivity contribution in [3.8, 4) is 0 Å². The molecule has 0 saturated heterocycles. The van der Waals surface area contributed by atoms with E-state index < -0.39 is 0 Å². The summed E-state index contributed by atoms with van der Waals surface area (Å²) < 4.78 is 1.74. The summed E-state index contributed by atoms with van der Waals surface area (Å²) in [5.41, 5.74) is 11.5. The molecule has 3 heterocycles. The molecule has 1 unspecified atom stereocenters. The number of rotatable bonds is 3. The third-order valence-corrected chi connectivity index (χ3v) is 4.46. The molecule has 0 amide bonds. The van der Waals surface area contributed by atoms with Gasteiger partial charge in [0.05, 0.1) is 23.6 Å². The molecule has 7 nitrogen and oxygen atoms in total. The Balaban J connectivity index is 1.53. The van der Waals surface area contributed by atoms with Gasteiger partial charge in [-0.3, -0.25) is 4.68 Å². The highest BCUT2D eigenvalue weighted by molar-refractivity contribution is 5.50. The lowest BCUT2D eigenvalue weighted by molar-refractivity contribution is 0.510. The van der Waals surface area contributed by atoms with Gasteiger partial charge in [-0.25, -0.2) is 9.97 Å². The number of nitrogens with zero attached hydrogens (tertiary/aromatic N) is 4. The number of nitrogens with one attached hydrogen (secondary N) is 2. The maximum atomic E-state index is 6.05. The van der Waals surface area contributed by atoms with Gasteiger partial charge in [-0.15, -0.1) is 0 Å². The normalized spacial score (nSPS) is 20.0. The van der Waals surface area contributed by atoms with Gasteiger partial charge >= 0.3 is 0 Å². The Morgan fingerprint density at radius 2 is 2.32 bits per heavy atom. The van der Waals surface area contributed by atoms with Crippen molar-refractivity contribution in [2.75, 3.05) is 11.9 Å². The Labute approximate surface area is 146 Å². The molecular formula is C18H21N7. The minimum absolute atomic E-state index is 0.162. The Kier molecular flexibility index (Phi) is 4.07. The van der Waals surface area contributed by atoms with Crippen LogP contribution in [0.4, 0.5) is 11.6 Å². The zero-order chi connectivity index (χ0) is 17.2. The van der Waals surface area contributed by atoms with Crippen LogP contribution in [0.15, 0.2) is 59.7 Å². The van der Waals surface area contributed by atoms with Crippen LogP contribution in [0, 0.1) is 0 Å². The first-order chi connectivity index (χ1) is 12.2. The van der Waals surface area contributed by atoms with Crippen LogP contribution in [0.1, 0.15) is 24.6 Å². The number of allylic oxidation sites excluding steroid dienone is 3. The second-order valence-corrected chi connectivity index (χ2v) is 6.38. The Morgan fingerprint density at radius 3 is 3.16 bits per heavy atom. The second kappa shape index (κ2) is 6.52. The number of hydrogen-bond acceptors (Lipinski definition) is 6. The lowest BCUT2D eigenvalue weighted by Crippen LogP contribution is -2.30. The predicted molar refractivity (Wildman–Crippen MR) is 96.9 cm³/mol. The third-order valence-electron chi connectivity index (χ3n) is 4.46.